The van der Waals surface area contributed by atoms with Crippen LogP contribution in [-0.2, 0) is 12.8 Å². The van der Waals surface area contributed by atoms with Gasteiger partial charge in [0.05, 0.1) is 22.3 Å². The standard InChI is InChI=1S/C34H24N2O7/c1-3-5-21-7-17-27(33(39)40)29(19-21)31(37)35-23-9-13-25(14-10-23)43-26-15-11-24(12-16-26)36-32(38)30-20-22(6-4-2)8-18-28(30)34(41)42/h1-2,7-20H,5-6H2,(H,35,37)(H,36,38)(H,39,40)(H,41,42). The number of carboxylic acid groups (broad SMARTS) is 2. The molecular weight excluding hydrogens is 548 g/mol. The summed E-state index contributed by atoms with van der Waals surface area (Å²) < 4.78 is 5.84. The Bertz CT molecular complexity index is 1660. The van der Waals surface area contributed by atoms with Crippen LogP contribution in [-0.4, -0.2) is 34.0 Å². The minimum Gasteiger partial charge on any atom is -0.478 e. The van der Waals surface area contributed by atoms with Gasteiger partial charge in [0.15, 0.2) is 0 Å². The number of hydrogen-bond acceptors (Lipinski definition) is 5. The summed E-state index contributed by atoms with van der Waals surface area (Å²) in [5, 5.41) is 24.3. The molecule has 0 saturated heterocycles. The summed E-state index contributed by atoms with van der Waals surface area (Å²) in [5.74, 6) is 2.19. The Morgan fingerprint density at radius 3 is 1.28 bits per heavy atom. The van der Waals surface area contributed by atoms with Crippen molar-refractivity contribution in [1.29, 1.82) is 0 Å². The number of ether oxygens (including phenoxy) is 1. The number of carbonyl (C=O) groups is 4. The van der Waals surface area contributed by atoms with Crippen LogP contribution in [0.15, 0.2) is 84.9 Å². The van der Waals surface area contributed by atoms with Crippen LogP contribution in [0.4, 0.5) is 11.4 Å². The molecular formula is C34H24N2O7. The highest BCUT2D eigenvalue weighted by atomic mass is 16.5. The summed E-state index contributed by atoms with van der Waals surface area (Å²) >= 11 is 0. The van der Waals surface area contributed by atoms with Gasteiger partial charge < -0.3 is 25.6 Å². The average molecular weight is 573 g/mol. The first kappa shape index (κ1) is 29.7. The van der Waals surface area contributed by atoms with Crippen molar-refractivity contribution in [3.63, 3.8) is 0 Å². The smallest absolute Gasteiger partial charge is 0.336 e. The number of amides is 2. The number of hydrogen-bond donors (Lipinski definition) is 4. The summed E-state index contributed by atoms with van der Waals surface area (Å²) in [6, 6.07) is 21.6. The minimum absolute atomic E-state index is 0.00721. The molecule has 0 fully saturated rings. The van der Waals surface area contributed by atoms with E-state index < -0.39 is 23.8 Å². The highest BCUT2D eigenvalue weighted by Crippen LogP contribution is 2.26. The van der Waals surface area contributed by atoms with Gasteiger partial charge in [-0.1, -0.05) is 12.1 Å². The van der Waals surface area contributed by atoms with Crippen molar-refractivity contribution in [1.82, 2.24) is 0 Å². The molecule has 0 atom stereocenters. The molecule has 0 aliphatic heterocycles. The first-order valence-corrected chi connectivity index (χ1v) is 12.8. The molecule has 0 aliphatic carbocycles. The Morgan fingerprint density at radius 2 is 0.953 bits per heavy atom. The molecule has 4 aromatic rings. The number of rotatable bonds is 10. The molecule has 0 aromatic heterocycles. The number of terminal acetylenes is 2. The fraction of sp³-hybridized carbons (Fsp3) is 0.0588. The molecule has 43 heavy (non-hydrogen) atoms. The van der Waals surface area contributed by atoms with Gasteiger partial charge in [0.25, 0.3) is 11.8 Å². The second kappa shape index (κ2) is 13.4. The van der Waals surface area contributed by atoms with Gasteiger partial charge in [-0.25, -0.2) is 9.59 Å². The Balaban J connectivity index is 1.41. The van der Waals surface area contributed by atoms with Gasteiger partial charge in [0, 0.05) is 24.2 Å². The SMILES string of the molecule is C#CCc1ccc(C(=O)O)c(C(=O)Nc2ccc(Oc3ccc(NC(=O)c4cc(CC#C)ccc4C(=O)O)cc3)cc2)c1. The van der Waals surface area contributed by atoms with Crippen LogP contribution in [0.5, 0.6) is 11.5 Å². The van der Waals surface area contributed by atoms with Crippen LogP contribution in [0, 0.1) is 24.7 Å². The van der Waals surface area contributed by atoms with Crippen LogP contribution in [0.25, 0.3) is 0 Å². The Kier molecular flexibility index (Phi) is 9.21. The number of nitrogens with one attached hydrogen (secondary N) is 2. The van der Waals surface area contributed by atoms with Crippen molar-refractivity contribution in [2.75, 3.05) is 10.6 Å². The third kappa shape index (κ3) is 7.46. The first-order valence-electron chi connectivity index (χ1n) is 12.8. The molecule has 4 aromatic carbocycles. The summed E-state index contributed by atoms with van der Waals surface area (Å²) in [5.41, 5.74) is 1.83. The fourth-order valence-corrected chi connectivity index (χ4v) is 4.13. The maximum absolute atomic E-state index is 12.8. The molecule has 0 bridgehead atoms. The van der Waals surface area contributed by atoms with E-state index in [1.54, 1.807) is 60.7 Å². The average Bonchev–Trinajstić information content (AvgIpc) is 2.99. The third-order valence-corrected chi connectivity index (χ3v) is 6.19. The molecule has 0 aliphatic rings. The quantitative estimate of drug-likeness (QED) is 0.178. The van der Waals surface area contributed by atoms with Crippen LogP contribution < -0.4 is 15.4 Å². The molecule has 0 spiro atoms. The van der Waals surface area contributed by atoms with Gasteiger partial charge in [-0.15, -0.1) is 24.7 Å². The maximum Gasteiger partial charge on any atom is 0.336 e. The van der Waals surface area contributed by atoms with E-state index in [1.165, 1.54) is 24.3 Å². The molecule has 0 radical (unpaired) electrons. The van der Waals surface area contributed by atoms with Crippen LogP contribution >= 0.6 is 0 Å². The molecule has 4 N–H and O–H groups in total. The van der Waals surface area contributed by atoms with Crippen molar-refractivity contribution in [2.45, 2.75) is 12.8 Å². The molecule has 0 saturated carbocycles. The molecule has 9 heteroatoms. The van der Waals surface area contributed by atoms with E-state index >= 15 is 0 Å². The minimum atomic E-state index is -1.23. The lowest BCUT2D eigenvalue weighted by Gasteiger charge is -2.11. The zero-order valence-electron chi connectivity index (χ0n) is 22.6. The first-order chi connectivity index (χ1) is 20.7. The lowest BCUT2D eigenvalue weighted by atomic mass is 10.0. The van der Waals surface area contributed by atoms with Gasteiger partial charge in [-0.2, -0.15) is 0 Å². The van der Waals surface area contributed by atoms with Crippen molar-refractivity contribution in [3.8, 4) is 36.2 Å². The number of carboxylic acids is 2. The molecule has 4 rings (SSSR count). The van der Waals surface area contributed by atoms with E-state index in [2.05, 4.69) is 22.5 Å². The monoisotopic (exact) mass is 572 g/mol. The lowest BCUT2D eigenvalue weighted by molar-refractivity contribution is 0.0683. The Morgan fingerprint density at radius 1 is 0.581 bits per heavy atom. The number of aromatic carboxylic acids is 2. The highest BCUT2D eigenvalue weighted by molar-refractivity contribution is 6.11. The second-order valence-corrected chi connectivity index (χ2v) is 9.19. The van der Waals surface area contributed by atoms with E-state index in [9.17, 15) is 29.4 Å². The van der Waals surface area contributed by atoms with E-state index in [4.69, 9.17) is 17.6 Å². The van der Waals surface area contributed by atoms with Crippen LogP contribution in [0.1, 0.15) is 52.6 Å². The van der Waals surface area contributed by atoms with Crippen molar-refractivity contribution < 1.29 is 34.1 Å². The van der Waals surface area contributed by atoms with E-state index in [-0.39, 0.29) is 35.1 Å². The van der Waals surface area contributed by atoms with Crippen molar-refractivity contribution in [2.24, 2.45) is 0 Å². The summed E-state index contributed by atoms with van der Waals surface area (Å²) in [4.78, 5) is 48.9. The predicted molar refractivity (Wildman–Crippen MR) is 161 cm³/mol. The summed E-state index contributed by atoms with van der Waals surface area (Å²) in [6.45, 7) is 0. The fourth-order valence-electron chi connectivity index (χ4n) is 4.13. The highest BCUT2D eigenvalue weighted by Gasteiger charge is 2.19. The normalized spacial score (nSPS) is 10.1. The second-order valence-electron chi connectivity index (χ2n) is 9.19. The molecule has 9 nitrogen and oxygen atoms in total. The molecule has 2 amide bonds. The van der Waals surface area contributed by atoms with Gasteiger partial charge in [0.1, 0.15) is 11.5 Å². The number of benzene rings is 4. The van der Waals surface area contributed by atoms with Gasteiger partial charge >= 0.3 is 11.9 Å². The third-order valence-electron chi connectivity index (χ3n) is 6.19. The summed E-state index contributed by atoms with van der Waals surface area (Å²) in [7, 11) is 0. The van der Waals surface area contributed by atoms with E-state index in [0.717, 1.165) is 0 Å². The molecule has 0 unspecified atom stereocenters. The predicted octanol–water partition coefficient (Wildman–Crippen LogP) is 5.73. The zero-order chi connectivity index (χ0) is 30.9. The Hall–Kier alpha value is -6.32. The zero-order valence-corrected chi connectivity index (χ0v) is 22.6. The Labute approximate surface area is 247 Å². The van der Waals surface area contributed by atoms with Gasteiger partial charge in [-0.05, 0) is 83.9 Å². The van der Waals surface area contributed by atoms with Crippen LogP contribution in [0.3, 0.4) is 0 Å². The maximum atomic E-state index is 12.8. The van der Waals surface area contributed by atoms with E-state index in [1.807, 2.05) is 0 Å². The topological polar surface area (TPSA) is 142 Å². The number of anilines is 2. The molecule has 0 heterocycles. The van der Waals surface area contributed by atoms with Gasteiger partial charge in [-0.3, -0.25) is 9.59 Å². The largest absolute Gasteiger partial charge is 0.478 e. The number of carbonyl (C=O) groups excluding carboxylic acids is 2. The van der Waals surface area contributed by atoms with Gasteiger partial charge in [0.2, 0.25) is 0 Å². The lowest BCUT2D eigenvalue weighted by Crippen LogP contribution is -2.17. The molecule has 212 valence electrons. The van der Waals surface area contributed by atoms with Crippen molar-refractivity contribution in [3.05, 3.63) is 118 Å². The van der Waals surface area contributed by atoms with Crippen molar-refractivity contribution >= 4 is 35.1 Å². The van der Waals surface area contributed by atoms with E-state index in [0.29, 0.717) is 34.0 Å². The van der Waals surface area contributed by atoms with Crippen LogP contribution in [0.2, 0.25) is 0 Å². The summed E-state index contributed by atoms with van der Waals surface area (Å²) in [6.07, 6.45) is 11.2.